The minimum Gasteiger partial charge on any atom is -0.468 e. The summed E-state index contributed by atoms with van der Waals surface area (Å²) in [4.78, 5) is 0. The molecule has 1 atom stereocenters. The molecule has 0 spiro atoms. The third kappa shape index (κ3) is 3.09. The molecule has 0 aliphatic carbocycles. The standard InChI is InChI=1S/C10H14N2OS/c1-8-3-4-13-10(8)7-14-6-9(5-11)12-2/h3-4,9,12H,6-7H2,1-2H3. The van der Waals surface area contributed by atoms with Gasteiger partial charge >= 0.3 is 0 Å². The van der Waals surface area contributed by atoms with Crippen LogP contribution >= 0.6 is 11.8 Å². The van der Waals surface area contributed by atoms with Crippen LogP contribution in [0.25, 0.3) is 0 Å². The molecule has 1 aromatic heterocycles. The van der Waals surface area contributed by atoms with Crippen molar-refractivity contribution in [3.8, 4) is 6.07 Å². The van der Waals surface area contributed by atoms with Crippen molar-refractivity contribution in [2.75, 3.05) is 12.8 Å². The number of nitrogens with one attached hydrogen (secondary N) is 1. The van der Waals surface area contributed by atoms with E-state index in [1.807, 2.05) is 13.0 Å². The Kier molecular flexibility index (Phi) is 4.57. The second kappa shape index (κ2) is 5.74. The molecule has 0 aliphatic rings. The quantitative estimate of drug-likeness (QED) is 0.806. The molecule has 0 amide bonds. The van der Waals surface area contributed by atoms with Gasteiger partial charge in [-0.05, 0) is 25.6 Å². The Labute approximate surface area is 88.5 Å². The highest BCUT2D eigenvalue weighted by atomic mass is 32.2. The molecular weight excluding hydrogens is 196 g/mol. The molecule has 1 rings (SSSR count). The molecule has 0 fully saturated rings. The monoisotopic (exact) mass is 210 g/mol. The molecule has 1 heterocycles. The summed E-state index contributed by atoms with van der Waals surface area (Å²) in [6.45, 7) is 2.03. The number of thioether (sulfide) groups is 1. The molecule has 0 aliphatic heterocycles. The molecule has 14 heavy (non-hydrogen) atoms. The van der Waals surface area contributed by atoms with Crippen molar-refractivity contribution in [1.82, 2.24) is 5.32 Å². The van der Waals surface area contributed by atoms with Gasteiger partial charge < -0.3 is 9.73 Å². The molecule has 0 aromatic carbocycles. The number of nitrogens with zero attached hydrogens (tertiary/aromatic N) is 1. The maximum atomic E-state index is 8.69. The third-order valence-corrected chi connectivity index (χ3v) is 3.03. The van der Waals surface area contributed by atoms with E-state index in [1.165, 1.54) is 5.56 Å². The topological polar surface area (TPSA) is 49.0 Å². The molecule has 4 heteroatoms. The summed E-state index contributed by atoms with van der Waals surface area (Å²) in [5.41, 5.74) is 1.18. The third-order valence-electron chi connectivity index (χ3n) is 1.99. The van der Waals surface area contributed by atoms with Crippen LogP contribution in [0.15, 0.2) is 16.7 Å². The van der Waals surface area contributed by atoms with E-state index < -0.39 is 0 Å². The van der Waals surface area contributed by atoms with Gasteiger partial charge in [-0.3, -0.25) is 0 Å². The van der Waals surface area contributed by atoms with Crippen molar-refractivity contribution >= 4 is 11.8 Å². The van der Waals surface area contributed by atoms with Crippen LogP contribution in [0.3, 0.4) is 0 Å². The lowest BCUT2D eigenvalue weighted by Crippen LogP contribution is -2.25. The van der Waals surface area contributed by atoms with E-state index in [9.17, 15) is 0 Å². The van der Waals surface area contributed by atoms with E-state index in [0.29, 0.717) is 0 Å². The second-order valence-corrected chi connectivity index (χ2v) is 4.04. The summed E-state index contributed by atoms with van der Waals surface area (Å²) < 4.78 is 5.29. The van der Waals surface area contributed by atoms with Crippen molar-refractivity contribution in [1.29, 1.82) is 5.26 Å². The van der Waals surface area contributed by atoms with Crippen LogP contribution < -0.4 is 5.32 Å². The second-order valence-electron chi connectivity index (χ2n) is 3.01. The molecular formula is C10H14N2OS. The van der Waals surface area contributed by atoms with Gasteiger partial charge in [0, 0.05) is 5.75 Å². The molecule has 1 N–H and O–H groups in total. The fraction of sp³-hybridized carbons (Fsp3) is 0.500. The molecule has 76 valence electrons. The number of furan rings is 1. The summed E-state index contributed by atoms with van der Waals surface area (Å²) in [5, 5.41) is 11.6. The Morgan fingerprint density at radius 3 is 3.00 bits per heavy atom. The summed E-state index contributed by atoms with van der Waals surface area (Å²) >= 11 is 1.70. The van der Waals surface area contributed by atoms with Gasteiger partial charge in [0.05, 0.1) is 18.1 Å². The molecule has 1 unspecified atom stereocenters. The molecule has 0 radical (unpaired) electrons. The smallest absolute Gasteiger partial charge is 0.116 e. The first-order valence-electron chi connectivity index (χ1n) is 4.45. The SMILES string of the molecule is CNC(C#N)CSCc1occc1C. The highest BCUT2D eigenvalue weighted by Gasteiger charge is 2.06. The van der Waals surface area contributed by atoms with E-state index >= 15 is 0 Å². The lowest BCUT2D eigenvalue weighted by Gasteiger charge is -2.05. The van der Waals surface area contributed by atoms with E-state index in [2.05, 4.69) is 11.4 Å². The Hall–Kier alpha value is -0.920. The summed E-state index contributed by atoms with van der Waals surface area (Å²) in [5.74, 6) is 2.62. The van der Waals surface area contributed by atoms with Crippen LogP contribution in [-0.2, 0) is 5.75 Å². The van der Waals surface area contributed by atoms with Gasteiger partial charge in [0.2, 0.25) is 0 Å². The van der Waals surface area contributed by atoms with Gasteiger partial charge in [-0.1, -0.05) is 0 Å². The number of hydrogen-bond donors (Lipinski definition) is 1. The highest BCUT2D eigenvalue weighted by molar-refractivity contribution is 7.98. The van der Waals surface area contributed by atoms with E-state index in [0.717, 1.165) is 17.3 Å². The fourth-order valence-electron chi connectivity index (χ4n) is 1.01. The first-order chi connectivity index (χ1) is 6.77. The first-order valence-corrected chi connectivity index (χ1v) is 5.61. The van der Waals surface area contributed by atoms with Gasteiger partial charge in [0.25, 0.3) is 0 Å². The van der Waals surface area contributed by atoms with Crippen molar-refractivity contribution in [3.63, 3.8) is 0 Å². The van der Waals surface area contributed by atoms with Crippen LogP contribution in [0.2, 0.25) is 0 Å². The van der Waals surface area contributed by atoms with Crippen molar-refractivity contribution < 1.29 is 4.42 Å². The highest BCUT2D eigenvalue weighted by Crippen LogP contribution is 2.17. The normalized spacial score (nSPS) is 12.4. The Bertz CT molecular complexity index is 316. The predicted molar refractivity (Wildman–Crippen MR) is 58.1 cm³/mol. The van der Waals surface area contributed by atoms with Crippen LogP contribution in [0.1, 0.15) is 11.3 Å². The number of nitriles is 1. The minimum absolute atomic E-state index is 0.0738. The lowest BCUT2D eigenvalue weighted by molar-refractivity contribution is 0.527. The number of rotatable bonds is 5. The first kappa shape index (κ1) is 11.2. The molecule has 0 saturated heterocycles. The van der Waals surface area contributed by atoms with Crippen LogP contribution in [0, 0.1) is 18.3 Å². The fourth-order valence-corrected chi connectivity index (χ4v) is 2.08. The van der Waals surface area contributed by atoms with E-state index in [1.54, 1.807) is 25.1 Å². The van der Waals surface area contributed by atoms with Gasteiger partial charge in [-0.15, -0.1) is 0 Å². The van der Waals surface area contributed by atoms with E-state index in [-0.39, 0.29) is 6.04 Å². The van der Waals surface area contributed by atoms with Crippen molar-refractivity contribution in [2.45, 2.75) is 18.7 Å². The van der Waals surface area contributed by atoms with Crippen molar-refractivity contribution in [3.05, 3.63) is 23.7 Å². The molecule has 0 saturated carbocycles. The van der Waals surface area contributed by atoms with Gasteiger partial charge in [-0.25, -0.2) is 0 Å². The molecule has 1 aromatic rings. The zero-order valence-corrected chi connectivity index (χ0v) is 9.23. The van der Waals surface area contributed by atoms with Crippen LogP contribution in [0.4, 0.5) is 0 Å². The Balaban J connectivity index is 2.29. The summed E-state index contributed by atoms with van der Waals surface area (Å²) in [6, 6.07) is 4.06. The van der Waals surface area contributed by atoms with E-state index in [4.69, 9.17) is 9.68 Å². The lowest BCUT2D eigenvalue weighted by atomic mass is 10.3. The molecule has 3 nitrogen and oxygen atoms in total. The van der Waals surface area contributed by atoms with Gasteiger partial charge in [-0.2, -0.15) is 17.0 Å². The maximum Gasteiger partial charge on any atom is 0.116 e. The van der Waals surface area contributed by atoms with Gasteiger partial charge in [0.1, 0.15) is 11.8 Å². The molecule has 0 bridgehead atoms. The van der Waals surface area contributed by atoms with Crippen LogP contribution in [-0.4, -0.2) is 18.8 Å². The predicted octanol–water partition coefficient (Wildman–Crippen LogP) is 1.93. The minimum atomic E-state index is -0.0738. The zero-order valence-electron chi connectivity index (χ0n) is 8.41. The average Bonchev–Trinajstić information content (AvgIpc) is 2.59. The van der Waals surface area contributed by atoms with Gasteiger partial charge in [0.15, 0.2) is 0 Å². The summed E-state index contributed by atoms with van der Waals surface area (Å²) in [6.07, 6.45) is 1.70. The number of hydrogen-bond acceptors (Lipinski definition) is 4. The Morgan fingerprint density at radius 1 is 1.71 bits per heavy atom. The maximum absolute atomic E-state index is 8.69. The average molecular weight is 210 g/mol. The van der Waals surface area contributed by atoms with Crippen LogP contribution in [0.5, 0.6) is 0 Å². The largest absolute Gasteiger partial charge is 0.468 e. The zero-order chi connectivity index (χ0) is 10.4. The summed E-state index contributed by atoms with van der Waals surface area (Å²) in [7, 11) is 1.80. The van der Waals surface area contributed by atoms with Crippen molar-refractivity contribution in [2.24, 2.45) is 0 Å². The number of aryl methyl sites for hydroxylation is 1. The Morgan fingerprint density at radius 2 is 2.50 bits per heavy atom.